The van der Waals surface area contributed by atoms with E-state index in [1.54, 1.807) is 0 Å². The van der Waals surface area contributed by atoms with Gasteiger partial charge in [0.1, 0.15) is 6.04 Å². The molecule has 1 aliphatic heterocycles. The number of aliphatic hydroxyl groups is 1. The molecule has 16 heteroatoms. The fraction of sp³-hybridized carbons (Fsp3) is 0.520. The predicted molar refractivity (Wildman–Crippen MR) is 121 cm³/mol. The highest BCUT2D eigenvalue weighted by Gasteiger charge is 2.73. The average molecular weight is 614 g/mol. The van der Waals surface area contributed by atoms with Crippen LogP contribution in [0.5, 0.6) is 0 Å². The Morgan fingerprint density at radius 3 is 2.07 bits per heavy atom. The van der Waals surface area contributed by atoms with Crippen molar-refractivity contribution in [1.82, 2.24) is 5.32 Å². The lowest BCUT2D eigenvalue weighted by atomic mass is 9.86. The topological polar surface area (TPSA) is 35.5 Å². The monoisotopic (exact) mass is 614 g/mol. The van der Waals surface area contributed by atoms with E-state index in [4.69, 9.17) is 0 Å². The van der Waals surface area contributed by atoms with E-state index in [-0.39, 0.29) is 31.1 Å². The molecule has 0 bridgehead atoms. The van der Waals surface area contributed by atoms with Crippen molar-refractivity contribution in [2.45, 2.75) is 67.8 Å². The number of hydrogen-bond acceptors (Lipinski definition) is 3. The highest BCUT2D eigenvalue weighted by Crippen LogP contribution is 2.51. The highest BCUT2D eigenvalue weighted by atomic mass is 19.4. The predicted octanol–water partition coefficient (Wildman–Crippen LogP) is 7.30. The lowest BCUT2D eigenvalue weighted by Crippen LogP contribution is -2.50. The van der Waals surface area contributed by atoms with E-state index in [1.165, 1.54) is 24.3 Å². The Labute approximate surface area is 224 Å². The molecule has 0 radical (unpaired) electrons. The maximum atomic E-state index is 14.3. The number of hydrogen-bond donors (Lipinski definition) is 2. The van der Waals surface area contributed by atoms with Crippen molar-refractivity contribution in [3.05, 3.63) is 65.2 Å². The van der Waals surface area contributed by atoms with Crippen LogP contribution in [0.15, 0.2) is 48.5 Å². The molecule has 3 nitrogen and oxygen atoms in total. The molecule has 2 unspecified atom stereocenters. The summed E-state index contributed by atoms with van der Waals surface area (Å²) in [5, 5.41) is 12.0. The number of alkyl halides is 13. The van der Waals surface area contributed by atoms with Gasteiger partial charge in [-0.25, -0.2) is 0 Å². The SMILES string of the molecule is O[C@H](CN(Cc1cccc(C(F)(F)C(F)(F)C(F)(F)F)c1)c1cccc(C2CCNC(C(F)(F)F)C2)c1)C(F)(F)F. The zero-order chi connectivity index (χ0) is 31.0. The molecule has 2 N–H and O–H groups in total. The van der Waals surface area contributed by atoms with Crippen LogP contribution >= 0.6 is 0 Å². The molecule has 1 aliphatic rings. The van der Waals surface area contributed by atoms with Crippen LogP contribution < -0.4 is 10.2 Å². The third kappa shape index (κ3) is 7.37. The summed E-state index contributed by atoms with van der Waals surface area (Å²) in [6.07, 6.45) is -19.5. The zero-order valence-electron chi connectivity index (χ0n) is 20.7. The van der Waals surface area contributed by atoms with Gasteiger partial charge < -0.3 is 15.3 Å². The molecule has 41 heavy (non-hydrogen) atoms. The van der Waals surface area contributed by atoms with Gasteiger partial charge in [0.2, 0.25) is 0 Å². The van der Waals surface area contributed by atoms with Crippen LogP contribution in [0.1, 0.15) is 35.4 Å². The van der Waals surface area contributed by atoms with E-state index in [1.807, 2.05) is 0 Å². The number of aliphatic hydroxyl groups excluding tert-OH is 1. The van der Waals surface area contributed by atoms with Crippen molar-refractivity contribution in [3.63, 3.8) is 0 Å². The van der Waals surface area contributed by atoms with Crippen LogP contribution in [0.25, 0.3) is 0 Å². The van der Waals surface area contributed by atoms with E-state index >= 15 is 0 Å². The average Bonchev–Trinajstić information content (AvgIpc) is 2.87. The van der Waals surface area contributed by atoms with Crippen LogP contribution in [-0.2, 0) is 12.5 Å². The number of benzene rings is 2. The molecule has 3 atom stereocenters. The second-order valence-corrected chi connectivity index (χ2v) is 9.65. The first-order chi connectivity index (χ1) is 18.6. The Balaban J connectivity index is 1.97. The van der Waals surface area contributed by atoms with Gasteiger partial charge in [0.25, 0.3) is 0 Å². The number of anilines is 1. The summed E-state index contributed by atoms with van der Waals surface area (Å²) in [6.45, 7) is -2.00. The molecule has 2 aromatic carbocycles. The lowest BCUT2D eigenvalue weighted by Gasteiger charge is -2.33. The van der Waals surface area contributed by atoms with Crippen LogP contribution in [-0.4, -0.2) is 54.8 Å². The van der Waals surface area contributed by atoms with Crippen LogP contribution in [0.2, 0.25) is 0 Å². The fourth-order valence-electron chi connectivity index (χ4n) is 4.46. The normalized spacial score (nSPS) is 20.1. The Morgan fingerprint density at radius 2 is 1.49 bits per heavy atom. The van der Waals surface area contributed by atoms with E-state index in [9.17, 15) is 62.2 Å². The minimum Gasteiger partial charge on any atom is -0.382 e. The van der Waals surface area contributed by atoms with Gasteiger partial charge in [-0.1, -0.05) is 30.3 Å². The van der Waals surface area contributed by atoms with Crippen molar-refractivity contribution < 1.29 is 62.2 Å². The van der Waals surface area contributed by atoms with Gasteiger partial charge in [0.15, 0.2) is 6.10 Å². The Hall–Kier alpha value is -2.75. The maximum absolute atomic E-state index is 14.3. The molecule has 1 saturated heterocycles. The minimum atomic E-state index is -6.62. The minimum absolute atomic E-state index is 0.0147. The van der Waals surface area contributed by atoms with Gasteiger partial charge in [-0.2, -0.15) is 57.1 Å². The molecule has 0 saturated carbocycles. The summed E-state index contributed by atoms with van der Waals surface area (Å²) in [6, 6.07) is 5.67. The summed E-state index contributed by atoms with van der Waals surface area (Å²) >= 11 is 0. The van der Waals surface area contributed by atoms with Gasteiger partial charge in [-0.15, -0.1) is 0 Å². The van der Waals surface area contributed by atoms with E-state index in [2.05, 4.69) is 5.32 Å². The smallest absolute Gasteiger partial charge is 0.382 e. The number of nitrogens with zero attached hydrogens (tertiary/aromatic N) is 1. The summed E-state index contributed by atoms with van der Waals surface area (Å²) in [7, 11) is 0. The zero-order valence-corrected chi connectivity index (χ0v) is 20.7. The van der Waals surface area contributed by atoms with Gasteiger partial charge >= 0.3 is 30.4 Å². The highest BCUT2D eigenvalue weighted by molar-refractivity contribution is 5.50. The first-order valence-electron chi connectivity index (χ1n) is 12.0. The molecule has 1 fully saturated rings. The van der Waals surface area contributed by atoms with Crippen molar-refractivity contribution >= 4 is 5.69 Å². The summed E-state index contributed by atoms with van der Waals surface area (Å²) in [5.74, 6) is -12.9. The largest absolute Gasteiger partial charge is 0.460 e. The second-order valence-electron chi connectivity index (χ2n) is 9.65. The molecule has 0 aliphatic carbocycles. The summed E-state index contributed by atoms with van der Waals surface area (Å²) in [4.78, 5) is 0.809. The molecule has 3 rings (SSSR count). The maximum Gasteiger partial charge on any atom is 0.460 e. The van der Waals surface area contributed by atoms with Crippen LogP contribution in [0.4, 0.5) is 62.8 Å². The second kappa shape index (κ2) is 11.5. The number of rotatable bonds is 8. The molecule has 230 valence electrons. The van der Waals surface area contributed by atoms with Gasteiger partial charge in [0.05, 0.1) is 6.54 Å². The van der Waals surface area contributed by atoms with Crippen molar-refractivity contribution in [3.8, 4) is 0 Å². The van der Waals surface area contributed by atoms with E-state index in [0.29, 0.717) is 17.7 Å². The molecular weight excluding hydrogens is 591 g/mol. The third-order valence-corrected chi connectivity index (χ3v) is 6.69. The molecule has 0 amide bonds. The first kappa shape index (κ1) is 32.8. The molecule has 1 heterocycles. The summed E-state index contributed by atoms with van der Waals surface area (Å²) in [5.41, 5.74) is -1.95. The fourth-order valence-corrected chi connectivity index (χ4v) is 4.46. The van der Waals surface area contributed by atoms with Crippen molar-refractivity contribution in [1.29, 1.82) is 0 Å². The van der Waals surface area contributed by atoms with E-state index in [0.717, 1.165) is 11.0 Å². The lowest BCUT2D eigenvalue weighted by molar-refractivity contribution is -0.359. The van der Waals surface area contributed by atoms with Gasteiger partial charge in [0, 0.05) is 17.8 Å². The van der Waals surface area contributed by atoms with Crippen LogP contribution in [0, 0.1) is 0 Å². The summed E-state index contributed by atoms with van der Waals surface area (Å²) < 4.78 is 173. The van der Waals surface area contributed by atoms with E-state index < -0.39 is 72.7 Å². The molecule has 2 aromatic rings. The van der Waals surface area contributed by atoms with Crippen molar-refractivity contribution in [2.75, 3.05) is 18.0 Å². The quantitative estimate of drug-likeness (QED) is 0.307. The number of piperidine rings is 1. The molecular formula is C25H23F13N2O. The van der Waals surface area contributed by atoms with Gasteiger partial charge in [-0.05, 0) is 54.6 Å². The molecule has 0 spiro atoms. The number of nitrogens with one attached hydrogen (secondary N) is 1. The Bertz CT molecular complexity index is 1180. The van der Waals surface area contributed by atoms with Crippen molar-refractivity contribution in [2.24, 2.45) is 0 Å². The third-order valence-electron chi connectivity index (χ3n) is 6.69. The Kier molecular flexibility index (Phi) is 9.19. The molecule has 0 aromatic heterocycles. The number of halogens is 13. The Morgan fingerprint density at radius 1 is 0.854 bits per heavy atom. The van der Waals surface area contributed by atoms with Gasteiger partial charge in [-0.3, -0.25) is 0 Å². The standard InChI is InChI=1S/C25H23F13N2O/c26-21(27,24(34,35)25(36,37)38)17-5-1-3-14(9-17)12-40(13-20(41)23(31,32)33)18-6-2-4-15(10-18)16-7-8-39-19(11-16)22(28,29)30/h1-6,9-10,16,19-20,39,41H,7-8,11-13H2/t16?,19?,20-/m1/s1. The van der Waals surface area contributed by atoms with Crippen LogP contribution in [0.3, 0.4) is 0 Å². The first-order valence-corrected chi connectivity index (χ1v) is 12.0.